The Morgan fingerprint density at radius 3 is 2.20 bits per heavy atom. The SMILES string of the molecule is CC1CCC(C2CCCC(Br)C2)CC1C. The molecule has 0 radical (unpaired) electrons. The highest BCUT2D eigenvalue weighted by molar-refractivity contribution is 9.09. The van der Waals surface area contributed by atoms with E-state index in [1.807, 2.05) is 0 Å². The molecule has 0 spiro atoms. The predicted octanol–water partition coefficient (Wildman–Crippen LogP) is 5.01. The van der Waals surface area contributed by atoms with Crippen molar-refractivity contribution in [1.82, 2.24) is 0 Å². The Morgan fingerprint density at radius 1 is 0.800 bits per heavy atom. The van der Waals surface area contributed by atoms with Gasteiger partial charge >= 0.3 is 0 Å². The van der Waals surface area contributed by atoms with Crippen LogP contribution in [-0.2, 0) is 0 Å². The summed E-state index contributed by atoms with van der Waals surface area (Å²) in [6, 6.07) is 0. The quantitative estimate of drug-likeness (QED) is 0.589. The zero-order valence-electron chi connectivity index (χ0n) is 10.2. The third-order valence-corrected chi connectivity index (χ3v) is 5.79. The maximum absolute atomic E-state index is 3.82. The number of hydrogen-bond acceptors (Lipinski definition) is 0. The number of hydrogen-bond donors (Lipinski definition) is 0. The molecule has 0 nitrogen and oxygen atoms in total. The maximum Gasteiger partial charge on any atom is 0.0148 e. The number of alkyl halides is 1. The summed E-state index contributed by atoms with van der Waals surface area (Å²) in [6.07, 6.45) is 10.3. The molecule has 2 aliphatic carbocycles. The summed E-state index contributed by atoms with van der Waals surface area (Å²) in [5.74, 6) is 4.04. The van der Waals surface area contributed by atoms with Gasteiger partial charge in [0.1, 0.15) is 0 Å². The van der Waals surface area contributed by atoms with Gasteiger partial charge < -0.3 is 0 Å². The van der Waals surface area contributed by atoms with E-state index in [4.69, 9.17) is 0 Å². The minimum absolute atomic E-state index is 0.825. The number of rotatable bonds is 1. The van der Waals surface area contributed by atoms with Crippen LogP contribution in [0.2, 0.25) is 0 Å². The van der Waals surface area contributed by atoms with Crippen molar-refractivity contribution in [3.8, 4) is 0 Å². The van der Waals surface area contributed by atoms with Crippen molar-refractivity contribution in [2.45, 2.75) is 63.6 Å². The van der Waals surface area contributed by atoms with Crippen molar-refractivity contribution in [2.75, 3.05) is 0 Å². The largest absolute Gasteiger partial charge is 0.0891 e. The fourth-order valence-electron chi connectivity index (χ4n) is 3.61. The van der Waals surface area contributed by atoms with E-state index in [0.717, 1.165) is 28.5 Å². The molecular weight excluding hydrogens is 248 g/mol. The van der Waals surface area contributed by atoms with Crippen molar-refractivity contribution >= 4 is 15.9 Å². The Labute approximate surface area is 103 Å². The molecule has 0 saturated heterocycles. The molecule has 2 aliphatic rings. The normalized spacial score (nSPS) is 47.8. The second-order valence-corrected chi connectivity index (χ2v) is 7.35. The van der Waals surface area contributed by atoms with Crippen LogP contribution in [0.5, 0.6) is 0 Å². The minimum Gasteiger partial charge on any atom is -0.0891 e. The lowest BCUT2D eigenvalue weighted by atomic mass is 9.68. The van der Waals surface area contributed by atoms with Gasteiger partial charge in [-0.15, -0.1) is 0 Å². The van der Waals surface area contributed by atoms with Crippen LogP contribution in [-0.4, -0.2) is 4.83 Å². The highest BCUT2D eigenvalue weighted by atomic mass is 79.9. The van der Waals surface area contributed by atoms with Gasteiger partial charge in [0.15, 0.2) is 0 Å². The Morgan fingerprint density at radius 2 is 1.53 bits per heavy atom. The van der Waals surface area contributed by atoms with Crippen molar-refractivity contribution in [3.63, 3.8) is 0 Å². The Kier molecular flexibility index (Phi) is 4.15. The van der Waals surface area contributed by atoms with Crippen molar-refractivity contribution < 1.29 is 0 Å². The zero-order valence-corrected chi connectivity index (χ0v) is 11.8. The van der Waals surface area contributed by atoms with Crippen LogP contribution in [0.25, 0.3) is 0 Å². The van der Waals surface area contributed by atoms with Gasteiger partial charge in [0.2, 0.25) is 0 Å². The molecule has 0 amide bonds. The summed E-state index contributed by atoms with van der Waals surface area (Å²) < 4.78 is 0. The Balaban J connectivity index is 1.87. The van der Waals surface area contributed by atoms with Gasteiger partial charge in [0.25, 0.3) is 0 Å². The second-order valence-electron chi connectivity index (χ2n) is 6.05. The molecule has 88 valence electrons. The van der Waals surface area contributed by atoms with Crippen LogP contribution in [0, 0.1) is 23.7 Å². The monoisotopic (exact) mass is 272 g/mol. The van der Waals surface area contributed by atoms with Gasteiger partial charge in [-0.05, 0) is 49.4 Å². The molecule has 0 bridgehead atoms. The molecule has 5 atom stereocenters. The number of halogens is 1. The first-order valence-corrected chi connectivity index (χ1v) is 7.72. The van der Waals surface area contributed by atoms with E-state index in [9.17, 15) is 0 Å². The van der Waals surface area contributed by atoms with Gasteiger partial charge in [-0.1, -0.05) is 49.0 Å². The van der Waals surface area contributed by atoms with Crippen LogP contribution in [0.3, 0.4) is 0 Å². The molecule has 0 N–H and O–H groups in total. The minimum atomic E-state index is 0.825. The molecule has 1 heteroatoms. The lowest BCUT2D eigenvalue weighted by molar-refractivity contribution is 0.133. The maximum atomic E-state index is 3.82. The van der Waals surface area contributed by atoms with Crippen LogP contribution in [0.15, 0.2) is 0 Å². The second kappa shape index (κ2) is 5.21. The molecule has 15 heavy (non-hydrogen) atoms. The van der Waals surface area contributed by atoms with Gasteiger partial charge in [-0.2, -0.15) is 0 Å². The molecule has 5 unspecified atom stereocenters. The lowest BCUT2D eigenvalue weighted by Gasteiger charge is -2.39. The summed E-state index contributed by atoms with van der Waals surface area (Å²) >= 11 is 3.82. The summed E-state index contributed by atoms with van der Waals surface area (Å²) in [5.41, 5.74) is 0. The zero-order chi connectivity index (χ0) is 10.8. The van der Waals surface area contributed by atoms with Crippen LogP contribution >= 0.6 is 15.9 Å². The highest BCUT2D eigenvalue weighted by Crippen LogP contribution is 2.43. The average Bonchev–Trinajstić information content (AvgIpc) is 2.22. The summed E-state index contributed by atoms with van der Waals surface area (Å²) in [5, 5.41) is 0. The standard InChI is InChI=1S/C14H25Br/c1-10-6-7-13(8-11(10)2)12-4-3-5-14(15)9-12/h10-14H,3-9H2,1-2H3. The van der Waals surface area contributed by atoms with Gasteiger partial charge in [0, 0.05) is 4.83 Å². The Bertz CT molecular complexity index is 202. The first kappa shape index (κ1) is 12.0. The predicted molar refractivity (Wildman–Crippen MR) is 70.3 cm³/mol. The smallest absolute Gasteiger partial charge is 0.0148 e. The van der Waals surface area contributed by atoms with Crippen LogP contribution in [0.1, 0.15) is 58.8 Å². The average molecular weight is 273 g/mol. The summed E-state index contributed by atoms with van der Waals surface area (Å²) in [6.45, 7) is 4.90. The lowest BCUT2D eigenvalue weighted by Crippen LogP contribution is -2.29. The Hall–Kier alpha value is 0.480. The van der Waals surface area contributed by atoms with Crippen LogP contribution in [0.4, 0.5) is 0 Å². The van der Waals surface area contributed by atoms with E-state index in [1.165, 1.54) is 44.9 Å². The third kappa shape index (κ3) is 2.99. The van der Waals surface area contributed by atoms with Crippen molar-refractivity contribution in [3.05, 3.63) is 0 Å². The molecule has 0 aromatic heterocycles. The van der Waals surface area contributed by atoms with E-state index < -0.39 is 0 Å². The molecule has 0 aromatic rings. The van der Waals surface area contributed by atoms with Gasteiger partial charge in [0.05, 0.1) is 0 Å². The van der Waals surface area contributed by atoms with E-state index in [2.05, 4.69) is 29.8 Å². The fourth-order valence-corrected chi connectivity index (χ4v) is 4.42. The summed E-state index contributed by atoms with van der Waals surface area (Å²) in [4.78, 5) is 0.825. The molecular formula is C14H25Br. The first-order chi connectivity index (χ1) is 7.16. The molecule has 2 fully saturated rings. The van der Waals surface area contributed by atoms with E-state index in [0.29, 0.717) is 0 Å². The summed E-state index contributed by atoms with van der Waals surface area (Å²) in [7, 11) is 0. The topological polar surface area (TPSA) is 0 Å². The van der Waals surface area contributed by atoms with Gasteiger partial charge in [-0.3, -0.25) is 0 Å². The molecule has 0 aromatic carbocycles. The molecule has 2 saturated carbocycles. The highest BCUT2D eigenvalue weighted by Gasteiger charge is 2.32. The van der Waals surface area contributed by atoms with E-state index >= 15 is 0 Å². The van der Waals surface area contributed by atoms with E-state index in [-0.39, 0.29) is 0 Å². The third-order valence-electron chi connectivity index (χ3n) is 4.96. The van der Waals surface area contributed by atoms with Gasteiger partial charge in [-0.25, -0.2) is 0 Å². The first-order valence-electron chi connectivity index (χ1n) is 6.81. The van der Waals surface area contributed by atoms with Crippen molar-refractivity contribution in [1.29, 1.82) is 0 Å². The molecule has 0 heterocycles. The van der Waals surface area contributed by atoms with E-state index in [1.54, 1.807) is 0 Å². The van der Waals surface area contributed by atoms with Crippen molar-refractivity contribution in [2.24, 2.45) is 23.7 Å². The fraction of sp³-hybridized carbons (Fsp3) is 1.00. The van der Waals surface area contributed by atoms with Crippen LogP contribution < -0.4 is 0 Å². The molecule has 0 aliphatic heterocycles. The molecule has 2 rings (SSSR count).